The zero-order valence-electron chi connectivity index (χ0n) is 14.2. The Morgan fingerprint density at radius 1 is 1.24 bits per heavy atom. The number of aliphatic hydroxyl groups excluding tert-OH is 1. The van der Waals surface area contributed by atoms with Crippen LogP contribution in [-0.4, -0.2) is 39.7 Å². The van der Waals surface area contributed by atoms with Crippen LogP contribution in [0.25, 0.3) is 0 Å². The van der Waals surface area contributed by atoms with Crippen LogP contribution in [0.4, 0.5) is 0 Å². The molecule has 1 heterocycles. The summed E-state index contributed by atoms with van der Waals surface area (Å²) in [5.41, 5.74) is 1.60. The molecule has 25 heavy (non-hydrogen) atoms. The fraction of sp³-hybridized carbons (Fsp3) is 0.350. The number of carbonyl (C=O) groups is 1. The monoisotopic (exact) mass is 406 g/mol. The van der Waals surface area contributed by atoms with E-state index in [4.69, 9.17) is 9.47 Å². The van der Waals surface area contributed by atoms with Gasteiger partial charge in [-0.1, -0.05) is 0 Å². The van der Waals surface area contributed by atoms with Gasteiger partial charge in [-0.2, -0.15) is 0 Å². The van der Waals surface area contributed by atoms with E-state index in [0.717, 1.165) is 16.4 Å². The molecular formula is C20H22O4Se. The molecule has 0 aromatic heterocycles. The summed E-state index contributed by atoms with van der Waals surface area (Å²) in [4.78, 5) is 12.0. The molecule has 0 radical (unpaired) electrons. The molecule has 0 bridgehead atoms. The van der Waals surface area contributed by atoms with Crippen LogP contribution in [0.2, 0.25) is 5.32 Å². The van der Waals surface area contributed by atoms with Crippen molar-refractivity contribution < 1.29 is 19.4 Å². The van der Waals surface area contributed by atoms with Gasteiger partial charge in [0.15, 0.2) is 0 Å². The minimum atomic E-state index is -0.470. The van der Waals surface area contributed by atoms with E-state index in [9.17, 15) is 9.90 Å². The first-order valence-corrected chi connectivity index (χ1v) is 10.3. The second-order valence-electron chi connectivity index (χ2n) is 6.15. The van der Waals surface area contributed by atoms with Crippen molar-refractivity contribution in [1.29, 1.82) is 0 Å². The molecule has 0 aliphatic carbocycles. The number of carbonyl (C=O) groups excluding carboxylic acids is 1. The molecule has 1 fully saturated rings. The summed E-state index contributed by atoms with van der Waals surface area (Å²) >= 11 is 0.125. The first-order valence-electron chi connectivity index (χ1n) is 8.27. The molecule has 1 saturated heterocycles. The fourth-order valence-electron chi connectivity index (χ4n) is 3.19. The third-order valence-corrected chi connectivity index (χ3v) is 7.34. The molecule has 1 aliphatic rings. The van der Waals surface area contributed by atoms with E-state index in [1.807, 2.05) is 36.4 Å². The Balaban J connectivity index is 1.84. The van der Waals surface area contributed by atoms with Gasteiger partial charge in [-0.15, -0.1) is 0 Å². The molecule has 0 amide bonds. The number of benzene rings is 2. The molecule has 0 saturated carbocycles. The van der Waals surface area contributed by atoms with E-state index in [2.05, 4.69) is 18.2 Å². The van der Waals surface area contributed by atoms with Crippen LogP contribution in [-0.2, 0) is 26.5 Å². The van der Waals surface area contributed by atoms with Gasteiger partial charge in [0, 0.05) is 0 Å². The van der Waals surface area contributed by atoms with Crippen LogP contribution < -0.4 is 4.46 Å². The molecule has 2 unspecified atom stereocenters. The van der Waals surface area contributed by atoms with Gasteiger partial charge in [-0.05, 0) is 0 Å². The number of aliphatic hydroxyl groups is 1. The molecule has 132 valence electrons. The van der Waals surface area contributed by atoms with E-state index in [1.165, 1.54) is 11.6 Å². The summed E-state index contributed by atoms with van der Waals surface area (Å²) in [6, 6.07) is 18.1. The van der Waals surface area contributed by atoms with Gasteiger partial charge in [-0.25, -0.2) is 0 Å². The van der Waals surface area contributed by atoms with Gasteiger partial charge in [-0.3, -0.25) is 0 Å². The SMILES string of the molecule is COC(=O)C1COC(C[Se]c2ccccc2CO)(c2ccccc2)C1. The molecule has 3 rings (SSSR count). The topological polar surface area (TPSA) is 55.8 Å². The Hall–Kier alpha value is -1.65. The molecule has 4 nitrogen and oxygen atoms in total. The van der Waals surface area contributed by atoms with Gasteiger partial charge < -0.3 is 0 Å². The maximum atomic E-state index is 12.0. The van der Waals surface area contributed by atoms with Crippen molar-refractivity contribution in [2.24, 2.45) is 5.92 Å². The van der Waals surface area contributed by atoms with E-state index < -0.39 is 5.60 Å². The standard InChI is InChI=1S/C20H22O4Se/c1-23-19(22)16-11-20(24-13-16,17-8-3-2-4-9-17)14-25-18-10-6-5-7-15(18)12-21/h2-10,16,21H,11-14H2,1H3. The Morgan fingerprint density at radius 3 is 2.68 bits per heavy atom. The van der Waals surface area contributed by atoms with E-state index in [0.29, 0.717) is 13.0 Å². The predicted octanol–water partition coefficient (Wildman–Crippen LogP) is 2.03. The van der Waals surface area contributed by atoms with E-state index in [-0.39, 0.29) is 33.5 Å². The van der Waals surface area contributed by atoms with Crippen molar-refractivity contribution in [2.45, 2.75) is 23.9 Å². The Morgan fingerprint density at radius 2 is 1.96 bits per heavy atom. The normalized spacial score (nSPS) is 22.7. The van der Waals surface area contributed by atoms with Crippen LogP contribution in [0.3, 0.4) is 0 Å². The van der Waals surface area contributed by atoms with Crippen LogP contribution in [0.15, 0.2) is 54.6 Å². The number of hydrogen-bond acceptors (Lipinski definition) is 4. The van der Waals surface area contributed by atoms with Gasteiger partial charge in [0.1, 0.15) is 0 Å². The Kier molecular flexibility index (Phi) is 5.92. The number of ether oxygens (including phenoxy) is 2. The first-order chi connectivity index (χ1) is 12.2. The summed E-state index contributed by atoms with van der Waals surface area (Å²) in [7, 11) is 1.42. The second-order valence-corrected chi connectivity index (χ2v) is 8.28. The van der Waals surface area contributed by atoms with Crippen molar-refractivity contribution in [3.8, 4) is 0 Å². The molecule has 1 N–H and O–H groups in total. The first kappa shape index (κ1) is 18.1. The predicted molar refractivity (Wildman–Crippen MR) is 96.8 cm³/mol. The van der Waals surface area contributed by atoms with Crippen LogP contribution in [0.5, 0.6) is 0 Å². The Labute approximate surface area is 154 Å². The molecule has 0 spiro atoms. The number of methoxy groups -OCH3 is 1. The van der Waals surface area contributed by atoms with Gasteiger partial charge >= 0.3 is 154 Å². The van der Waals surface area contributed by atoms with Gasteiger partial charge in [0.25, 0.3) is 0 Å². The fourth-order valence-corrected chi connectivity index (χ4v) is 5.81. The average Bonchev–Trinajstić information content (AvgIpc) is 3.12. The second kappa shape index (κ2) is 8.15. The van der Waals surface area contributed by atoms with E-state index >= 15 is 0 Å². The van der Waals surface area contributed by atoms with Crippen LogP contribution in [0, 0.1) is 5.92 Å². The van der Waals surface area contributed by atoms with Crippen LogP contribution in [0.1, 0.15) is 17.5 Å². The van der Waals surface area contributed by atoms with Gasteiger partial charge in [0.05, 0.1) is 0 Å². The zero-order valence-corrected chi connectivity index (χ0v) is 15.9. The van der Waals surface area contributed by atoms with Crippen molar-refractivity contribution >= 4 is 25.4 Å². The summed E-state index contributed by atoms with van der Waals surface area (Å²) in [6.07, 6.45) is 0.632. The van der Waals surface area contributed by atoms with Crippen molar-refractivity contribution in [2.75, 3.05) is 13.7 Å². The number of rotatable bonds is 6. The van der Waals surface area contributed by atoms with Crippen molar-refractivity contribution in [3.63, 3.8) is 0 Å². The van der Waals surface area contributed by atoms with Crippen molar-refractivity contribution in [3.05, 3.63) is 65.7 Å². The quantitative estimate of drug-likeness (QED) is 0.590. The zero-order chi connectivity index (χ0) is 17.7. The van der Waals surface area contributed by atoms with Crippen molar-refractivity contribution in [1.82, 2.24) is 0 Å². The molecule has 2 atom stereocenters. The summed E-state index contributed by atoms with van der Waals surface area (Å²) < 4.78 is 12.3. The van der Waals surface area contributed by atoms with Crippen LogP contribution >= 0.6 is 0 Å². The molecular weight excluding hydrogens is 383 g/mol. The average molecular weight is 405 g/mol. The Bertz CT molecular complexity index is 719. The van der Waals surface area contributed by atoms with E-state index in [1.54, 1.807) is 0 Å². The summed E-state index contributed by atoms with van der Waals surface area (Å²) in [5, 5.41) is 10.4. The maximum absolute atomic E-state index is 12.0. The molecule has 5 heteroatoms. The number of esters is 1. The third kappa shape index (κ3) is 3.96. The molecule has 1 aliphatic heterocycles. The summed E-state index contributed by atoms with van der Waals surface area (Å²) in [5.74, 6) is -0.435. The molecule has 2 aromatic rings. The minimum absolute atomic E-state index is 0.0436. The number of hydrogen-bond donors (Lipinski definition) is 1. The molecule has 2 aromatic carbocycles. The third-order valence-electron chi connectivity index (χ3n) is 4.58. The summed E-state index contributed by atoms with van der Waals surface area (Å²) in [6.45, 7) is 0.432. The van der Waals surface area contributed by atoms with Gasteiger partial charge in [0.2, 0.25) is 0 Å².